The molecular weight excluding hydrogens is 329 g/mol. The molecule has 0 unspecified atom stereocenters. The van der Waals surface area contributed by atoms with E-state index in [1.54, 1.807) is 46.9 Å². The van der Waals surface area contributed by atoms with E-state index in [0.717, 1.165) is 0 Å². The molecule has 8 heteroatoms. The summed E-state index contributed by atoms with van der Waals surface area (Å²) in [6, 6.07) is 8.10. The van der Waals surface area contributed by atoms with Crippen molar-refractivity contribution in [1.29, 1.82) is 0 Å². The molecule has 0 aliphatic rings. The fraction of sp³-hybridized carbons (Fsp3) is 0.188. The Morgan fingerprint density at radius 3 is 2.75 bits per heavy atom. The molecule has 0 radical (unpaired) electrons. The van der Waals surface area contributed by atoms with E-state index in [0.29, 0.717) is 16.5 Å². The number of rotatable bonds is 5. The van der Waals surface area contributed by atoms with Crippen LogP contribution in [0.5, 0.6) is 0 Å². The summed E-state index contributed by atoms with van der Waals surface area (Å²) >= 11 is 1.31. The van der Waals surface area contributed by atoms with Gasteiger partial charge in [0.25, 0.3) is 0 Å². The van der Waals surface area contributed by atoms with Crippen LogP contribution in [0.25, 0.3) is 5.69 Å². The van der Waals surface area contributed by atoms with E-state index in [4.69, 9.17) is 0 Å². The summed E-state index contributed by atoms with van der Waals surface area (Å²) < 4.78 is 17.4. The van der Waals surface area contributed by atoms with E-state index in [1.165, 1.54) is 17.8 Å². The predicted octanol–water partition coefficient (Wildman–Crippen LogP) is 2.86. The van der Waals surface area contributed by atoms with Gasteiger partial charge in [-0.1, -0.05) is 11.8 Å². The van der Waals surface area contributed by atoms with Gasteiger partial charge in [0, 0.05) is 25.1 Å². The summed E-state index contributed by atoms with van der Waals surface area (Å²) in [7, 11) is 1.82. The number of halogens is 1. The lowest BCUT2D eigenvalue weighted by Gasteiger charge is -2.13. The number of carbonyl (C=O) groups is 1. The average molecular weight is 345 g/mol. The SMILES string of the molecule is C[C@H](Sc1nncn1C)C(=O)Nc1ccc(F)c(-n2cccc2)c1. The van der Waals surface area contributed by atoms with Crippen LogP contribution in [0, 0.1) is 5.82 Å². The second-order valence-corrected chi connectivity index (χ2v) is 6.54. The molecule has 6 nitrogen and oxygen atoms in total. The van der Waals surface area contributed by atoms with E-state index in [2.05, 4.69) is 15.5 Å². The number of nitrogens with one attached hydrogen (secondary N) is 1. The molecule has 3 aromatic rings. The Balaban J connectivity index is 1.72. The number of nitrogens with zero attached hydrogens (tertiary/aromatic N) is 4. The van der Waals surface area contributed by atoms with Crippen molar-refractivity contribution in [3.63, 3.8) is 0 Å². The summed E-state index contributed by atoms with van der Waals surface area (Å²) in [5, 5.41) is 10.8. The first-order valence-electron chi connectivity index (χ1n) is 7.29. The maximum atomic E-state index is 14.0. The van der Waals surface area contributed by atoms with Crippen LogP contribution >= 0.6 is 11.8 Å². The quantitative estimate of drug-likeness (QED) is 0.722. The maximum Gasteiger partial charge on any atom is 0.237 e. The molecule has 24 heavy (non-hydrogen) atoms. The minimum Gasteiger partial charge on any atom is -0.325 e. The normalized spacial score (nSPS) is 12.1. The number of amides is 1. The number of hydrogen-bond acceptors (Lipinski definition) is 4. The minimum absolute atomic E-state index is 0.187. The molecule has 0 saturated carbocycles. The Labute approximate surface area is 142 Å². The molecule has 0 spiro atoms. The van der Waals surface area contributed by atoms with Gasteiger partial charge < -0.3 is 14.5 Å². The van der Waals surface area contributed by atoms with Crippen LogP contribution in [0.1, 0.15) is 6.92 Å². The summed E-state index contributed by atoms with van der Waals surface area (Å²) in [6.07, 6.45) is 5.07. The molecule has 2 aromatic heterocycles. The number of hydrogen-bond donors (Lipinski definition) is 1. The largest absolute Gasteiger partial charge is 0.325 e. The van der Waals surface area contributed by atoms with Gasteiger partial charge in [-0.3, -0.25) is 4.79 Å². The number of aromatic nitrogens is 4. The van der Waals surface area contributed by atoms with Gasteiger partial charge in [0.05, 0.1) is 10.9 Å². The van der Waals surface area contributed by atoms with Gasteiger partial charge in [0.1, 0.15) is 12.1 Å². The minimum atomic E-state index is -0.368. The van der Waals surface area contributed by atoms with Crippen LogP contribution in [0.3, 0.4) is 0 Å². The second-order valence-electron chi connectivity index (χ2n) is 5.23. The Bertz CT molecular complexity index is 846. The molecule has 1 atom stereocenters. The zero-order chi connectivity index (χ0) is 17.1. The molecule has 1 amide bonds. The van der Waals surface area contributed by atoms with Gasteiger partial charge >= 0.3 is 0 Å². The second kappa shape index (κ2) is 6.88. The van der Waals surface area contributed by atoms with Crippen molar-refractivity contribution in [2.75, 3.05) is 5.32 Å². The molecule has 0 aliphatic heterocycles. The molecule has 124 valence electrons. The third-order valence-corrected chi connectivity index (χ3v) is 4.57. The van der Waals surface area contributed by atoms with Crippen molar-refractivity contribution in [3.05, 3.63) is 54.9 Å². The van der Waals surface area contributed by atoms with Crippen LogP contribution in [-0.2, 0) is 11.8 Å². The molecule has 3 rings (SSSR count). The van der Waals surface area contributed by atoms with Crippen LogP contribution in [0.2, 0.25) is 0 Å². The van der Waals surface area contributed by atoms with Gasteiger partial charge in [-0.25, -0.2) is 4.39 Å². The van der Waals surface area contributed by atoms with E-state index in [1.807, 2.05) is 19.2 Å². The molecule has 0 fully saturated rings. The molecule has 0 bridgehead atoms. The van der Waals surface area contributed by atoms with Gasteiger partial charge in [0.15, 0.2) is 5.16 Å². The van der Waals surface area contributed by atoms with Crippen molar-refractivity contribution >= 4 is 23.4 Å². The van der Waals surface area contributed by atoms with Gasteiger partial charge in [-0.15, -0.1) is 10.2 Å². The zero-order valence-electron chi connectivity index (χ0n) is 13.2. The monoisotopic (exact) mass is 345 g/mol. The third kappa shape index (κ3) is 3.48. The van der Waals surface area contributed by atoms with Crippen LogP contribution < -0.4 is 5.32 Å². The highest BCUT2D eigenvalue weighted by Crippen LogP contribution is 2.23. The Morgan fingerprint density at radius 2 is 2.08 bits per heavy atom. The van der Waals surface area contributed by atoms with Gasteiger partial charge in [-0.05, 0) is 37.3 Å². The number of thioether (sulfide) groups is 1. The van der Waals surface area contributed by atoms with Crippen molar-refractivity contribution in [2.24, 2.45) is 7.05 Å². The van der Waals surface area contributed by atoms with Crippen molar-refractivity contribution in [2.45, 2.75) is 17.3 Å². The Kier molecular flexibility index (Phi) is 4.66. The van der Waals surface area contributed by atoms with Gasteiger partial charge in [-0.2, -0.15) is 0 Å². The zero-order valence-corrected chi connectivity index (χ0v) is 14.0. The van der Waals surface area contributed by atoms with Crippen molar-refractivity contribution in [1.82, 2.24) is 19.3 Å². The number of carbonyl (C=O) groups excluding carboxylic acids is 1. The van der Waals surface area contributed by atoms with Crippen LogP contribution in [0.15, 0.2) is 54.2 Å². The lowest BCUT2D eigenvalue weighted by atomic mass is 10.2. The average Bonchev–Trinajstić information content (AvgIpc) is 3.22. The van der Waals surface area contributed by atoms with E-state index >= 15 is 0 Å². The molecule has 1 N–H and O–H groups in total. The smallest absolute Gasteiger partial charge is 0.237 e. The number of aryl methyl sites for hydroxylation is 1. The predicted molar refractivity (Wildman–Crippen MR) is 90.7 cm³/mol. The first-order valence-corrected chi connectivity index (χ1v) is 8.17. The van der Waals surface area contributed by atoms with E-state index in [-0.39, 0.29) is 17.0 Å². The fourth-order valence-electron chi connectivity index (χ4n) is 2.12. The summed E-state index contributed by atoms with van der Waals surface area (Å²) in [5.41, 5.74) is 0.918. The molecule has 0 aliphatic carbocycles. The lowest BCUT2D eigenvalue weighted by molar-refractivity contribution is -0.115. The summed E-state index contributed by atoms with van der Waals surface area (Å²) in [6.45, 7) is 1.78. The summed E-state index contributed by atoms with van der Waals surface area (Å²) in [5.74, 6) is -0.543. The van der Waals surface area contributed by atoms with Crippen LogP contribution in [0.4, 0.5) is 10.1 Å². The number of benzene rings is 1. The first-order chi connectivity index (χ1) is 11.5. The van der Waals surface area contributed by atoms with Crippen molar-refractivity contribution < 1.29 is 9.18 Å². The van der Waals surface area contributed by atoms with Gasteiger partial charge in [0.2, 0.25) is 5.91 Å². The summed E-state index contributed by atoms with van der Waals surface area (Å²) in [4.78, 5) is 12.3. The van der Waals surface area contributed by atoms with E-state index in [9.17, 15) is 9.18 Å². The molecule has 0 saturated heterocycles. The maximum absolute atomic E-state index is 14.0. The van der Waals surface area contributed by atoms with E-state index < -0.39 is 0 Å². The fourth-order valence-corrected chi connectivity index (χ4v) is 2.91. The third-order valence-electron chi connectivity index (χ3n) is 3.42. The molecule has 2 heterocycles. The highest BCUT2D eigenvalue weighted by molar-refractivity contribution is 8.00. The first kappa shape index (κ1) is 16.3. The molecule has 1 aromatic carbocycles. The standard InChI is InChI=1S/C16H16FN5OS/c1-11(24-16-20-18-10-21(16)2)15(23)19-12-5-6-13(17)14(9-12)22-7-3-4-8-22/h3-11H,1-2H3,(H,19,23)/t11-/m0/s1. The highest BCUT2D eigenvalue weighted by Gasteiger charge is 2.18. The van der Waals surface area contributed by atoms with Crippen molar-refractivity contribution in [3.8, 4) is 5.69 Å². The topological polar surface area (TPSA) is 64.7 Å². The Hall–Kier alpha value is -2.61. The van der Waals surface area contributed by atoms with Crippen LogP contribution in [-0.4, -0.2) is 30.5 Å². The highest BCUT2D eigenvalue weighted by atomic mass is 32.2. The Morgan fingerprint density at radius 1 is 1.33 bits per heavy atom. The molecular formula is C16H16FN5OS. The number of anilines is 1. The lowest BCUT2D eigenvalue weighted by Crippen LogP contribution is -2.23.